The van der Waals surface area contributed by atoms with E-state index in [1.807, 2.05) is 24.3 Å². The number of hydrogen-bond acceptors (Lipinski definition) is 4. The van der Waals surface area contributed by atoms with Gasteiger partial charge in [0.1, 0.15) is 5.54 Å². The Hall–Kier alpha value is -1.64. The van der Waals surface area contributed by atoms with Gasteiger partial charge in [0.05, 0.1) is 12.2 Å². The average molecular weight is 487 g/mol. The SMILES string of the molecule is C[C@]1(Cc2ccc(Br)cc2)NC(=NCC(O)O)N(c2cc(Cl)cc(Cl)c2)C1=O. The summed E-state index contributed by atoms with van der Waals surface area (Å²) < 4.78 is 0.946. The molecule has 0 unspecified atom stereocenters. The van der Waals surface area contributed by atoms with Crippen molar-refractivity contribution in [3.8, 4) is 0 Å². The second-order valence-corrected chi connectivity index (χ2v) is 8.46. The molecule has 0 aliphatic carbocycles. The van der Waals surface area contributed by atoms with Gasteiger partial charge in [0.2, 0.25) is 5.96 Å². The Morgan fingerprint density at radius 2 is 1.79 bits per heavy atom. The molecule has 1 aliphatic rings. The number of aliphatic imine (C=N–C) groups is 1. The van der Waals surface area contributed by atoms with Gasteiger partial charge < -0.3 is 15.5 Å². The van der Waals surface area contributed by atoms with Crippen molar-refractivity contribution in [3.63, 3.8) is 0 Å². The lowest BCUT2D eigenvalue weighted by Crippen LogP contribution is -2.46. The van der Waals surface area contributed by atoms with Crippen LogP contribution < -0.4 is 10.2 Å². The van der Waals surface area contributed by atoms with Crippen molar-refractivity contribution in [3.05, 3.63) is 62.5 Å². The molecule has 0 spiro atoms. The van der Waals surface area contributed by atoms with Crippen LogP contribution in [0.5, 0.6) is 0 Å². The molecule has 6 nitrogen and oxygen atoms in total. The average Bonchev–Trinajstić information content (AvgIpc) is 2.85. The first-order valence-corrected chi connectivity index (χ1v) is 9.97. The standard InChI is InChI=1S/C19H18BrCl2N3O3/c1-19(9-11-2-4-12(20)5-3-11)17(28)25(18(24-19)23-10-16(26)27)15-7-13(21)6-14(22)8-15/h2-8,16,26-27H,9-10H2,1H3,(H,23,24)/t19-/m1/s1. The fourth-order valence-corrected chi connectivity index (χ4v) is 3.79. The Kier molecular flexibility index (Phi) is 6.31. The summed E-state index contributed by atoms with van der Waals surface area (Å²) in [5, 5.41) is 22.2. The Balaban J connectivity index is 1.99. The van der Waals surface area contributed by atoms with Gasteiger partial charge >= 0.3 is 0 Å². The maximum absolute atomic E-state index is 13.3. The second kappa shape index (κ2) is 8.39. The highest BCUT2D eigenvalue weighted by Crippen LogP contribution is 2.31. The molecule has 1 amide bonds. The van der Waals surface area contributed by atoms with Crippen molar-refractivity contribution in [2.24, 2.45) is 4.99 Å². The van der Waals surface area contributed by atoms with Crippen molar-refractivity contribution in [2.75, 3.05) is 11.4 Å². The topological polar surface area (TPSA) is 85.2 Å². The summed E-state index contributed by atoms with van der Waals surface area (Å²) in [6.45, 7) is 1.49. The number of carbonyl (C=O) groups excluding carboxylic acids is 1. The number of carbonyl (C=O) groups is 1. The number of hydrogen-bond donors (Lipinski definition) is 3. The number of aliphatic hydroxyl groups is 2. The Morgan fingerprint density at radius 3 is 2.36 bits per heavy atom. The van der Waals surface area contributed by atoms with E-state index in [0.29, 0.717) is 22.2 Å². The predicted molar refractivity (Wildman–Crippen MR) is 114 cm³/mol. The van der Waals surface area contributed by atoms with Gasteiger partial charge in [0.25, 0.3) is 5.91 Å². The minimum Gasteiger partial charge on any atom is -0.367 e. The monoisotopic (exact) mass is 485 g/mol. The van der Waals surface area contributed by atoms with Gasteiger partial charge in [-0.1, -0.05) is 51.3 Å². The van der Waals surface area contributed by atoms with Crippen molar-refractivity contribution in [2.45, 2.75) is 25.2 Å². The summed E-state index contributed by atoms with van der Waals surface area (Å²) >= 11 is 15.6. The second-order valence-electron chi connectivity index (χ2n) is 6.67. The summed E-state index contributed by atoms with van der Waals surface area (Å²) in [5.41, 5.74) is 0.418. The predicted octanol–water partition coefficient (Wildman–Crippen LogP) is 3.36. The smallest absolute Gasteiger partial charge is 0.259 e. The molecule has 1 atom stereocenters. The zero-order valence-electron chi connectivity index (χ0n) is 14.9. The summed E-state index contributed by atoms with van der Waals surface area (Å²) in [7, 11) is 0. The maximum Gasteiger partial charge on any atom is 0.259 e. The van der Waals surface area contributed by atoms with E-state index in [4.69, 9.17) is 23.2 Å². The zero-order valence-corrected chi connectivity index (χ0v) is 18.0. The van der Waals surface area contributed by atoms with Gasteiger partial charge in [0.15, 0.2) is 6.29 Å². The van der Waals surface area contributed by atoms with Crippen molar-refractivity contribution in [1.82, 2.24) is 5.32 Å². The van der Waals surface area contributed by atoms with Crippen molar-refractivity contribution in [1.29, 1.82) is 0 Å². The van der Waals surface area contributed by atoms with Crippen molar-refractivity contribution < 1.29 is 15.0 Å². The quantitative estimate of drug-likeness (QED) is 0.565. The van der Waals surface area contributed by atoms with Crippen LogP contribution >= 0.6 is 39.1 Å². The molecule has 1 aliphatic heterocycles. The normalized spacial score (nSPS) is 20.9. The molecule has 148 valence electrons. The Bertz CT molecular complexity index is 901. The van der Waals surface area contributed by atoms with Crippen LogP contribution in [-0.4, -0.2) is 40.5 Å². The lowest BCUT2D eigenvalue weighted by molar-refractivity contribution is -0.121. The molecular formula is C19H18BrCl2N3O3. The Labute approximate surface area is 180 Å². The fraction of sp³-hybridized carbons (Fsp3) is 0.263. The third-order valence-corrected chi connectivity index (χ3v) is 5.22. The summed E-state index contributed by atoms with van der Waals surface area (Å²) in [6, 6.07) is 12.4. The Morgan fingerprint density at radius 1 is 1.18 bits per heavy atom. The van der Waals surface area contributed by atoms with Crippen LogP contribution in [0.1, 0.15) is 12.5 Å². The van der Waals surface area contributed by atoms with E-state index in [0.717, 1.165) is 10.0 Å². The van der Waals surface area contributed by atoms with E-state index in [9.17, 15) is 15.0 Å². The number of nitrogens with one attached hydrogen (secondary N) is 1. The molecule has 9 heteroatoms. The minimum absolute atomic E-state index is 0.205. The summed E-state index contributed by atoms with van der Waals surface area (Å²) in [6.07, 6.45) is -1.22. The molecule has 3 N–H and O–H groups in total. The van der Waals surface area contributed by atoms with Crippen LogP contribution in [0.2, 0.25) is 10.0 Å². The number of benzene rings is 2. The molecule has 1 fully saturated rings. The van der Waals surface area contributed by atoms with E-state index >= 15 is 0 Å². The largest absolute Gasteiger partial charge is 0.367 e. The first-order valence-electron chi connectivity index (χ1n) is 8.42. The van der Waals surface area contributed by atoms with Crippen molar-refractivity contribution >= 4 is 56.7 Å². The van der Waals surface area contributed by atoms with Crippen LogP contribution in [0.25, 0.3) is 0 Å². The molecule has 0 saturated carbocycles. The van der Waals surface area contributed by atoms with Gasteiger partial charge in [0, 0.05) is 20.9 Å². The fourth-order valence-electron chi connectivity index (χ4n) is 3.02. The van der Waals surface area contributed by atoms with E-state index in [-0.39, 0.29) is 18.4 Å². The minimum atomic E-state index is -1.63. The molecule has 0 bridgehead atoms. The number of aliphatic hydroxyl groups excluding tert-OH is 1. The summed E-state index contributed by atoms with van der Waals surface area (Å²) in [5.74, 6) is -0.0454. The van der Waals surface area contributed by atoms with Gasteiger partial charge in [-0.3, -0.25) is 4.79 Å². The van der Waals surface area contributed by atoms with Gasteiger partial charge in [-0.2, -0.15) is 0 Å². The van der Waals surface area contributed by atoms with E-state index in [2.05, 4.69) is 26.2 Å². The number of rotatable bonds is 5. The van der Waals surface area contributed by atoms with Crippen LogP contribution in [-0.2, 0) is 11.2 Å². The molecule has 1 saturated heterocycles. The molecule has 1 heterocycles. The number of guanidine groups is 1. The van der Waals surface area contributed by atoms with E-state index < -0.39 is 11.8 Å². The molecule has 0 radical (unpaired) electrons. The first-order chi connectivity index (χ1) is 13.2. The third-order valence-electron chi connectivity index (χ3n) is 4.26. The van der Waals surface area contributed by atoms with Crippen LogP contribution in [0.15, 0.2) is 51.9 Å². The number of halogens is 3. The first kappa shape index (κ1) is 21.1. The molecular weight excluding hydrogens is 469 g/mol. The lowest BCUT2D eigenvalue weighted by atomic mass is 9.93. The number of amides is 1. The number of nitrogens with zero attached hydrogens (tertiary/aromatic N) is 2. The third kappa shape index (κ3) is 4.67. The highest BCUT2D eigenvalue weighted by atomic mass is 79.9. The van der Waals surface area contributed by atoms with Gasteiger partial charge in [-0.25, -0.2) is 9.89 Å². The molecule has 28 heavy (non-hydrogen) atoms. The highest BCUT2D eigenvalue weighted by molar-refractivity contribution is 9.10. The molecule has 2 aromatic rings. The number of anilines is 1. The van der Waals surface area contributed by atoms with E-state index in [1.165, 1.54) is 4.90 Å². The van der Waals surface area contributed by atoms with Gasteiger partial charge in [-0.05, 0) is 42.8 Å². The molecule has 3 rings (SSSR count). The lowest BCUT2D eigenvalue weighted by Gasteiger charge is -2.22. The van der Waals surface area contributed by atoms with Crippen LogP contribution in [0.4, 0.5) is 5.69 Å². The van der Waals surface area contributed by atoms with Crippen LogP contribution in [0, 0.1) is 0 Å². The highest BCUT2D eigenvalue weighted by Gasteiger charge is 2.47. The molecule has 0 aromatic heterocycles. The maximum atomic E-state index is 13.3. The molecule has 2 aromatic carbocycles. The van der Waals surface area contributed by atoms with Gasteiger partial charge in [-0.15, -0.1) is 0 Å². The summed E-state index contributed by atoms with van der Waals surface area (Å²) in [4.78, 5) is 18.9. The zero-order chi connectivity index (χ0) is 20.5. The van der Waals surface area contributed by atoms with Crippen LogP contribution in [0.3, 0.4) is 0 Å². The van der Waals surface area contributed by atoms with E-state index in [1.54, 1.807) is 25.1 Å².